The molecule has 3 aromatic carbocycles. The molecule has 0 saturated carbocycles. The molecule has 32 heavy (non-hydrogen) atoms. The van der Waals surface area contributed by atoms with Crippen LogP contribution in [0.4, 0.5) is 0 Å². The Bertz CT molecular complexity index is 1390. The average molecular weight is 468 g/mol. The summed E-state index contributed by atoms with van der Waals surface area (Å²) >= 11 is 1.25. The second-order valence-electron chi connectivity index (χ2n) is 7.35. The number of carboxylic acids is 1. The summed E-state index contributed by atoms with van der Waals surface area (Å²) in [6.07, 6.45) is 1.50. The van der Waals surface area contributed by atoms with E-state index in [9.17, 15) is 13.2 Å². The molecule has 0 fully saturated rings. The van der Waals surface area contributed by atoms with Gasteiger partial charge in [0.1, 0.15) is 11.5 Å². The van der Waals surface area contributed by atoms with Gasteiger partial charge in [0.05, 0.1) is 15.5 Å². The molecule has 0 amide bonds. The van der Waals surface area contributed by atoms with Crippen LogP contribution in [0.3, 0.4) is 0 Å². The van der Waals surface area contributed by atoms with Crippen molar-refractivity contribution in [2.45, 2.75) is 28.5 Å². The number of aliphatic carboxylic acids is 1. The molecule has 1 heterocycles. The predicted octanol–water partition coefficient (Wildman–Crippen LogP) is 5.59. The van der Waals surface area contributed by atoms with Gasteiger partial charge >= 0.3 is 5.97 Å². The van der Waals surface area contributed by atoms with Crippen LogP contribution in [-0.4, -0.2) is 30.2 Å². The van der Waals surface area contributed by atoms with E-state index in [-0.39, 0.29) is 15.5 Å². The topological polar surface area (TPSA) is 96.5 Å². The normalized spacial score (nSPS) is 11.6. The van der Waals surface area contributed by atoms with E-state index >= 15 is 0 Å². The highest BCUT2D eigenvalue weighted by molar-refractivity contribution is 8.00. The van der Waals surface area contributed by atoms with E-state index in [1.54, 1.807) is 48.5 Å². The number of ether oxygens (including phenoxy) is 1. The number of rotatable bonds is 7. The van der Waals surface area contributed by atoms with Crippen LogP contribution in [-0.2, 0) is 14.6 Å². The Morgan fingerprint density at radius 2 is 1.72 bits per heavy atom. The number of aryl methyl sites for hydroxylation is 2. The van der Waals surface area contributed by atoms with Crippen molar-refractivity contribution < 1.29 is 23.1 Å². The number of H-pyrrole nitrogens is 1. The van der Waals surface area contributed by atoms with E-state index in [2.05, 4.69) is 4.98 Å². The molecule has 0 aliphatic rings. The van der Waals surface area contributed by atoms with Crippen LogP contribution < -0.4 is 4.74 Å². The number of aromatic nitrogens is 1. The molecule has 0 aliphatic carbocycles. The number of carbonyl (C=O) groups is 1. The fourth-order valence-electron chi connectivity index (χ4n) is 3.50. The number of nitrogens with one attached hydrogen (secondary N) is 1. The SMILES string of the molecule is Cc1cc(SCC(=O)O)cc(C)c1Oc1ccc2[nH]cc(S(=O)(=O)c3ccccc3)c2c1. The zero-order valence-corrected chi connectivity index (χ0v) is 19.1. The zero-order valence-electron chi connectivity index (χ0n) is 17.5. The van der Waals surface area contributed by atoms with Gasteiger partial charge in [-0.1, -0.05) is 18.2 Å². The van der Waals surface area contributed by atoms with E-state index in [1.807, 2.05) is 26.0 Å². The van der Waals surface area contributed by atoms with Crippen LogP contribution in [0.25, 0.3) is 10.9 Å². The van der Waals surface area contributed by atoms with Crippen molar-refractivity contribution in [3.05, 3.63) is 78.0 Å². The van der Waals surface area contributed by atoms with Gasteiger partial charge in [0.2, 0.25) is 9.84 Å². The molecule has 0 bridgehead atoms. The molecule has 0 unspecified atom stereocenters. The Morgan fingerprint density at radius 1 is 1.03 bits per heavy atom. The Labute approximate surface area is 190 Å². The third-order valence-electron chi connectivity index (χ3n) is 4.97. The van der Waals surface area contributed by atoms with Gasteiger partial charge in [0.15, 0.2) is 0 Å². The molecule has 8 heteroatoms. The Hall–Kier alpha value is -3.23. The fraction of sp³-hybridized carbons (Fsp3) is 0.125. The van der Waals surface area contributed by atoms with Gasteiger partial charge in [0, 0.05) is 22.0 Å². The van der Waals surface area contributed by atoms with Crippen LogP contribution in [0, 0.1) is 13.8 Å². The van der Waals surface area contributed by atoms with Crippen molar-refractivity contribution in [2.24, 2.45) is 0 Å². The van der Waals surface area contributed by atoms with Gasteiger partial charge in [-0.05, 0) is 67.4 Å². The van der Waals surface area contributed by atoms with Crippen molar-refractivity contribution in [1.29, 1.82) is 0 Å². The maximum absolute atomic E-state index is 13.1. The van der Waals surface area contributed by atoms with Gasteiger partial charge < -0.3 is 14.8 Å². The number of hydrogen-bond donors (Lipinski definition) is 2. The first-order chi connectivity index (χ1) is 15.3. The minimum Gasteiger partial charge on any atom is -0.481 e. The third kappa shape index (κ3) is 4.37. The number of sulfone groups is 1. The molecule has 4 rings (SSSR count). The highest BCUT2D eigenvalue weighted by Gasteiger charge is 2.22. The molecule has 0 aliphatic heterocycles. The van der Waals surface area contributed by atoms with Crippen LogP contribution in [0.2, 0.25) is 0 Å². The largest absolute Gasteiger partial charge is 0.481 e. The number of hydrogen-bond acceptors (Lipinski definition) is 5. The summed E-state index contributed by atoms with van der Waals surface area (Å²) in [7, 11) is -3.68. The molecule has 6 nitrogen and oxygen atoms in total. The number of fused-ring (bicyclic) bond motifs is 1. The first-order valence-electron chi connectivity index (χ1n) is 9.80. The Kier molecular flexibility index (Phi) is 5.99. The van der Waals surface area contributed by atoms with Crippen LogP contribution in [0.5, 0.6) is 11.5 Å². The first kappa shape index (κ1) is 22.0. The minimum atomic E-state index is -3.68. The number of benzene rings is 3. The van der Waals surface area contributed by atoms with Gasteiger partial charge in [-0.3, -0.25) is 4.79 Å². The van der Waals surface area contributed by atoms with Gasteiger partial charge in [-0.15, -0.1) is 11.8 Å². The van der Waals surface area contributed by atoms with E-state index in [1.165, 1.54) is 18.0 Å². The summed E-state index contributed by atoms with van der Waals surface area (Å²) < 4.78 is 32.4. The first-order valence-corrected chi connectivity index (χ1v) is 12.3. The third-order valence-corrected chi connectivity index (χ3v) is 7.74. The van der Waals surface area contributed by atoms with Crippen LogP contribution in [0.1, 0.15) is 11.1 Å². The minimum absolute atomic E-state index is 0.0120. The van der Waals surface area contributed by atoms with E-state index < -0.39 is 15.8 Å². The summed E-state index contributed by atoms with van der Waals surface area (Å²) in [4.78, 5) is 15.1. The molecular formula is C24H21NO5S2. The molecule has 0 atom stereocenters. The van der Waals surface area contributed by atoms with Gasteiger partial charge in [-0.2, -0.15) is 0 Å². The number of thioether (sulfide) groups is 1. The van der Waals surface area contributed by atoms with Crippen LogP contribution in [0.15, 0.2) is 81.5 Å². The summed E-state index contributed by atoms with van der Waals surface area (Å²) in [5, 5.41) is 9.44. The van der Waals surface area contributed by atoms with Crippen molar-refractivity contribution in [1.82, 2.24) is 4.98 Å². The maximum atomic E-state index is 13.1. The maximum Gasteiger partial charge on any atom is 0.313 e. The lowest BCUT2D eigenvalue weighted by Gasteiger charge is -2.14. The van der Waals surface area contributed by atoms with Crippen molar-refractivity contribution in [2.75, 3.05) is 5.75 Å². The standard InChI is InChI=1S/C24H21NO5S2/c1-15-10-18(31-14-23(26)27)11-16(2)24(15)30-17-8-9-21-20(12-17)22(13-25-21)32(28,29)19-6-4-3-5-7-19/h3-13,25H,14H2,1-2H3,(H,26,27). The van der Waals surface area contributed by atoms with Gasteiger partial charge in [0.25, 0.3) is 0 Å². The average Bonchev–Trinajstić information content (AvgIpc) is 3.19. The van der Waals surface area contributed by atoms with Crippen LogP contribution >= 0.6 is 11.8 Å². The van der Waals surface area contributed by atoms with E-state index in [0.29, 0.717) is 22.4 Å². The van der Waals surface area contributed by atoms with Crippen molar-refractivity contribution in [3.8, 4) is 11.5 Å². The summed E-state index contributed by atoms with van der Waals surface area (Å²) in [6.45, 7) is 3.79. The highest BCUT2D eigenvalue weighted by atomic mass is 32.2. The Balaban J connectivity index is 1.69. The molecular weight excluding hydrogens is 446 g/mol. The van der Waals surface area contributed by atoms with E-state index in [4.69, 9.17) is 9.84 Å². The van der Waals surface area contributed by atoms with Crippen molar-refractivity contribution >= 4 is 38.5 Å². The second kappa shape index (κ2) is 8.72. The summed E-state index contributed by atoms with van der Waals surface area (Å²) in [6, 6.07) is 17.4. The molecule has 164 valence electrons. The predicted molar refractivity (Wildman–Crippen MR) is 125 cm³/mol. The fourth-order valence-corrected chi connectivity index (χ4v) is 5.76. The second-order valence-corrected chi connectivity index (χ2v) is 10.3. The summed E-state index contributed by atoms with van der Waals surface area (Å²) in [5.41, 5.74) is 2.43. The zero-order chi connectivity index (χ0) is 22.9. The number of carboxylic acid groups (broad SMARTS) is 1. The molecule has 4 aromatic rings. The molecule has 0 radical (unpaired) electrons. The van der Waals surface area contributed by atoms with Crippen molar-refractivity contribution in [3.63, 3.8) is 0 Å². The monoisotopic (exact) mass is 467 g/mol. The molecule has 1 aromatic heterocycles. The lowest BCUT2D eigenvalue weighted by molar-refractivity contribution is -0.133. The number of aromatic amines is 1. The van der Waals surface area contributed by atoms with E-state index in [0.717, 1.165) is 16.0 Å². The smallest absolute Gasteiger partial charge is 0.313 e. The molecule has 2 N–H and O–H groups in total. The summed E-state index contributed by atoms with van der Waals surface area (Å²) in [5.74, 6) is 0.291. The molecule has 0 spiro atoms. The Morgan fingerprint density at radius 3 is 2.38 bits per heavy atom. The molecule has 0 saturated heterocycles. The van der Waals surface area contributed by atoms with Gasteiger partial charge in [-0.25, -0.2) is 8.42 Å². The quantitative estimate of drug-likeness (QED) is 0.344. The lowest BCUT2D eigenvalue weighted by atomic mass is 10.1. The lowest BCUT2D eigenvalue weighted by Crippen LogP contribution is -2.00. The highest BCUT2D eigenvalue weighted by Crippen LogP contribution is 2.36.